The first-order valence-electron chi connectivity index (χ1n) is 4.54. The molecule has 0 saturated heterocycles. The van der Waals surface area contributed by atoms with E-state index < -0.39 is 0 Å². The van der Waals surface area contributed by atoms with Crippen molar-refractivity contribution in [2.75, 3.05) is 6.54 Å². The van der Waals surface area contributed by atoms with E-state index in [9.17, 15) is 4.79 Å². The SMILES string of the molecule is CC.Cc1ccc(C(=O)CN)cc1. The summed E-state index contributed by atoms with van der Waals surface area (Å²) in [6.45, 7) is 6.07. The molecule has 72 valence electrons. The van der Waals surface area contributed by atoms with E-state index in [0.717, 1.165) is 5.56 Å². The minimum Gasteiger partial charge on any atom is -0.324 e. The van der Waals surface area contributed by atoms with E-state index >= 15 is 0 Å². The molecule has 2 nitrogen and oxygen atoms in total. The highest BCUT2D eigenvalue weighted by atomic mass is 16.1. The van der Waals surface area contributed by atoms with Crippen LogP contribution in [0.15, 0.2) is 24.3 Å². The third-order valence-electron chi connectivity index (χ3n) is 1.56. The minimum absolute atomic E-state index is 0.00926. The first kappa shape index (κ1) is 11.8. The maximum atomic E-state index is 11.0. The van der Waals surface area contributed by atoms with Crippen LogP contribution in [0.2, 0.25) is 0 Å². The van der Waals surface area contributed by atoms with Gasteiger partial charge in [-0.25, -0.2) is 0 Å². The molecule has 13 heavy (non-hydrogen) atoms. The average Bonchev–Trinajstić information content (AvgIpc) is 2.21. The monoisotopic (exact) mass is 179 g/mol. The standard InChI is InChI=1S/C9H11NO.C2H6/c1-7-2-4-8(5-3-7)9(11)6-10;1-2/h2-5H,6,10H2,1H3;1-2H3. The number of Topliss-reactive ketones (excluding diaryl/α,β-unsaturated/α-hetero) is 1. The summed E-state index contributed by atoms with van der Waals surface area (Å²) in [5.74, 6) is -0.00926. The molecule has 0 fully saturated rings. The summed E-state index contributed by atoms with van der Waals surface area (Å²) in [6.07, 6.45) is 0. The molecule has 0 aliphatic heterocycles. The fraction of sp³-hybridized carbons (Fsp3) is 0.364. The first-order valence-corrected chi connectivity index (χ1v) is 4.54. The van der Waals surface area contributed by atoms with E-state index in [2.05, 4.69) is 0 Å². The van der Waals surface area contributed by atoms with Gasteiger partial charge < -0.3 is 5.73 Å². The Morgan fingerprint density at radius 3 is 2.08 bits per heavy atom. The summed E-state index contributed by atoms with van der Waals surface area (Å²) in [5, 5.41) is 0. The van der Waals surface area contributed by atoms with Crippen LogP contribution in [-0.4, -0.2) is 12.3 Å². The first-order chi connectivity index (χ1) is 6.24. The second-order valence-corrected chi connectivity index (χ2v) is 2.49. The van der Waals surface area contributed by atoms with Gasteiger partial charge in [-0.15, -0.1) is 0 Å². The lowest BCUT2D eigenvalue weighted by Gasteiger charge is -1.96. The molecule has 2 heteroatoms. The molecule has 0 radical (unpaired) electrons. The molecule has 2 N–H and O–H groups in total. The quantitative estimate of drug-likeness (QED) is 0.707. The Bertz CT molecular complexity index is 251. The summed E-state index contributed by atoms with van der Waals surface area (Å²) in [4.78, 5) is 11.0. The highest BCUT2D eigenvalue weighted by molar-refractivity contribution is 5.97. The van der Waals surface area contributed by atoms with Crippen molar-refractivity contribution in [3.05, 3.63) is 35.4 Å². The largest absolute Gasteiger partial charge is 0.324 e. The van der Waals surface area contributed by atoms with Crippen molar-refractivity contribution in [2.45, 2.75) is 20.8 Å². The molecule has 0 unspecified atom stereocenters. The minimum atomic E-state index is -0.00926. The summed E-state index contributed by atoms with van der Waals surface area (Å²) in [5.41, 5.74) is 7.04. The lowest BCUT2D eigenvalue weighted by atomic mass is 10.1. The van der Waals surface area contributed by atoms with Crippen molar-refractivity contribution in [1.82, 2.24) is 0 Å². The van der Waals surface area contributed by atoms with E-state index in [4.69, 9.17) is 5.73 Å². The van der Waals surface area contributed by atoms with Crippen molar-refractivity contribution in [3.8, 4) is 0 Å². The predicted molar refractivity (Wildman–Crippen MR) is 55.9 cm³/mol. The molecule has 0 aromatic heterocycles. The Kier molecular flexibility index (Phi) is 5.81. The third-order valence-corrected chi connectivity index (χ3v) is 1.56. The number of benzene rings is 1. The van der Waals surface area contributed by atoms with Gasteiger partial charge in [0, 0.05) is 5.56 Å². The van der Waals surface area contributed by atoms with Crippen molar-refractivity contribution in [2.24, 2.45) is 5.73 Å². The van der Waals surface area contributed by atoms with Crippen LogP contribution >= 0.6 is 0 Å². The zero-order valence-electron chi connectivity index (χ0n) is 8.50. The predicted octanol–water partition coefficient (Wildman–Crippen LogP) is 2.16. The lowest BCUT2D eigenvalue weighted by Crippen LogP contribution is -2.13. The van der Waals surface area contributed by atoms with Gasteiger partial charge in [-0.1, -0.05) is 43.7 Å². The van der Waals surface area contributed by atoms with Crippen LogP contribution in [0.5, 0.6) is 0 Å². The Labute approximate surface area is 79.8 Å². The van der Waals surface area contributed by atoms with E-state index in [-0.39, 0.29) is 12.3 Å². The van der Waals surface area contributed by atoms with Gasteiger partial charge in [0.2, 0.25) is 0 Å². The molecule has 0 atom stereocenters. The van der Waals surface area contributed by atoms with Crippen LogP contribution < -0.4 is 5.73 Å². The van der Waals surface area contributed by atoms with E-state index in [1.165, 1.54) is 0 Å². The van der Waals surface area contributed by atoms with Crippen LogP contribution in [-0.2, 0) is 0 Å². The van der Waals surface area contributed by atoms with Gasteiger partial charge in [0.05, 0.1) is 6.54 Å². The van der Waals surface area contributed by atoms with E-state index in [1.54, 1.807) is 12.1 Å². The zero-order chi connectivity index (χ0) is 10.3. The van der Waals surface area contributed by atoms with Gasteiger partial charge in [0.25, 0.3) is 0 Å². The maximum Gasteiger partial charge on any atom is 0.176 e. The second-order valence-electron chi connectivity index (χ2n) is 2.49. The van der Waals surface area contributed by atoms with Gasteiger partial charge in [-0.2, -0.15) is 0 Å². The molecule has 0 bridgehead atoms. The smallest absolute Gasteiger partial charge is 0.176 e. The number of hydrogen-bond acceptors (Lipinski definition) is 2. The summed E-state index contributed by atoms with van der Waals surface area (Å²) < 4.78 is 0. The van der Waals surface area contributed by atoms with Crippen LogP contribution in [0.25, 0.3) is 0 Å². The molecule has 0 aliphatic rings. The highest BCUT2D eigenvalue weighted by Crippen LogP contribution is 2.02. The van der Waals surface area contributed by atoms with Crippen molar-refractivity contribution in [1.29, 1.82) is 0 Å². The fourth-order valence-electron chi connectivity index (χ4n) is 0.857. The topological polar surface area (TPSA) is 43.1 Å². The molecular formula is C11H17NO. The summed E-state index contributed by atoms with van der Waals surface area (Å²) >= 11 is 0. The average molecular weight is 179 g/mol. The number of carbonyl (C=O) groups is 1. The fourth-order valence-corrected chi connectivity index (χ4v) is 0.857. The third kappa shape index (κ3) is 3.85. The molecule has 0 amide bonds. The number of rotatable bonds is 2. The molecule has 0 aliphatic carbocycles. The number of hydrogen-bond donors (Lipinski definition) is 1. The molecular weight excluding hydrogens is 162 g/mol. The van der Waals surface area contributed by atoms with Crippen molar-refractivity contribution < 1.29 is 4.79 Å². The van der Waals surface area contributed by atoms with Gasteiger partial charge in [-0.05, 0) is 6.92 Å². The Morgan fingerprint density at radius 2 is 1.69 bits per heavy atom. The number of nitrogens with two attached hydrogens (primary N) is 1. The molecule has 0 heterocycles. The molecule has 1 aromatic carbocycles. The van der Waals surface area contributed by atoms with Crippen LogP contribution in [0.3, 0.4) is 0 Å². The van der Waals surface area contributed by atoms with Gasteiger partial charge in [-0.3, -0.25) is 4.79 Å². The molecule has 1 aromatic rings. The molecule has 0 saturated carbocycles. The van der Waals surface area contributed by atoms with E-state index in [0.29, 0.717) is 5.56 Å². The highest BCUT2D eigenvalue weighted by Gasteiger charge is 2.00. The number of ketones is 1. The number of carbonyl (C=O) groups excluding carboxylic acids is 1. The Morgan fingerprint density at radius 1 is 1.23 bits per heavy atom. The normalized spacial score (nSPS) is 8.62. The summed E-state index contributed by atoms with van der Waals surface area (Å²) in [7, 11) is 0. The Balaban J connectivity index is 0.000000671. The maximum absolute atomic E-state index is 11.0. The summed E-state index contributed by atoms with van der Waals surface area (Å²) in [6, 6.07) is 7.40. The van der Waals surface area contributed by atoms with E-state index in [1.807, 2.05) is 32.9 Å². The van der Waals surface area contributed by atoms with Gasteiger partial charge in [0.1, 0.15) is 0 Å². The van der Waals surface area contributed by atoms with Gasteiger partial charge in [0.15, 0.2) is 5.78 Å². The second kappa shape index (κ2) is 6.38. The Hall–Kier alpha value is -1.15. The zero-order valence-corrected chi connectivity index (χ0v) is 8.50. The molecule has 0 spiro atoms. The van der Waals surface area contributed by atoms with Crippen LogP contribution in [0, 0.1) is 6.92 Å². The van der Waals surface area contributed by atoms with Crippen LogP contribution in [0.4, 0.5) is 0 Å². The van der Waals surface area contributed by atoms with Crippen molar-refractivity contribution >= 4 is 5.78 Å². The van der Waals surface area contributed by atoms with Crippen LogP contribution in [0.1, 0.15) is 29.8 Å². The van der Waals surface area contributed by atoms with Crippen molar-refractivity contribution in [3.63, 3.8) is 0 Å². The molecule has 1 rings (SSSR count). The van der Waals surface area contributed by atoms with Gasteiger partial charge >= 0.3 is 0 Å². The number of aryl methyl sites for hydroxylation is 1. The lowest BCUT2D eigenvalue weighted by molar-refractivity contribution is 0.100.